The van der Waals surface area contributed by atoms with Gasteiger partial charge in [0.1, 0.15) is 11.6 Å². The predicted molar refractivity (Wildman–Crippen MR) is 114 cm³/mol. The van der Waals surface area contributed by atoms with E-state index in [1.165, 1.54) is 0 Å². The molecule has 8 heteroatoms. The molecule has 1 fully saturated rings. The van der Waals surface area contributed by atoms with Crippen LogP contribution in [0.4, 0.5) is 5.82 Å². The summed E-state index contributed by atoms with van der Waals surface area (Å²) in [7, 11) is 9.02. The molecule has 2 amide bonds. The monoisotopic (exact) mass is 411 g/mol. The highest BCUT2D eigenvalue weighted by molar-refractivity contribution is 5.94. The summed E-state index contributed by atoms with van der Waals surface area (Å²) in [4.78, 5) is 39.3. The number of hydrogen-bond acceptors (Lipinski definition) is 6. The molecule has 1 aromatic carbocycles. The van der Waals surface area contributed by atoms with Crippen molar-refractivity contribution in [2.24, 2.45) is 0 Å². The predicted octanol–water partition coefficient (Wildman–Crippen LogP) is 1.91. The molecule has 0 unspecified atom stereocenters. The largest absolute Gasteiger partial charge is 0.380 e. The van der Waals surface area contributed by atoms with Gasteiger partial charge in [-0.05, 0) is 17.7 Å². The summed E-state index contributed by atoms with van der Waals surface area (Å²) in [6.45, 7) is 1.44. The minimum absolute atomic E-state index is 0.0392. The molecule has 0 aliphatic carbocycles. The molecule has 30 heavy (non-hydrogen) atoms. The smallest absolute Gasteiger partial charge is 0.254 e. The lowest BCUT2D eigenvalue weighted by Crippen LogP contribution is -2.28. The van der Waals surface area contributed by atoms with Gasteiger partial charge in [-0.2, -0.15) is 0 Å². The topological polar surface area (TPSA) is 78.9 Å². The summed E-state index contributed by atoms with van der Waals surface area (Å²) in [6, 6.07) is 9.31. The number of hydrogen-bond donors (Lipinski definition) is 0. The van der Waals surface area contributed by atoms with Crippen molar-refractivity contribution in [3.63, 3.8) is 0 Å². The Morgan fingerprint density at radius 3 is 2.47 bits per heavy atom. The third kappa shape index (κ3) is 4.94. The number of anilines is 1. The van der Waals surface area contributed by atoms with E-state index in [1.807, 2.05) is 44.2 Å². The number of nitrogens with zero attached hydrogens (tertiary/aromatic N) is 5. The maximum atomic E-state index is 12.8. The fourth-order valence-corrected chi connectivity index (χ4v) is 3.49. The van der Waals surface area contributed by atoms with Gasteiger partial charge in [0, 0.05) is 65.8 Å². The average molecular weight is 412 g/mol. The molecular weight excluding hydrogens is 382 g/mol. The first-order valence-electron chi connectivity index (χ1n) is 9.91. The number of methoxy groups -OCH3 is 1. The Kier molecular flexibility index (Phi) is 6.66. The van der Waals surface area contributed by atoms with Crippen LogP contribution in [0.5, 0.6) is 0 Å². The second-order valence-electron chi connectivity index (χ2n) is 7.93. The molecule has 2 aromatic rings. The third-order valence-electron chi connectivity index (χ3n) is 5.23. The van der Waals surface area contributed by atoms with Crippen molar-refractivity contribution in [3.8, 4) is 0 Å². The summed E-state index contributed by atoms with van der Waals surface area (Å²) in [5.74, 6) is 1.38. The number of likely N-dealkylation sites (tertiary alicyclic amines) is 1. The molecule has 1 aliphatic heterocycles. The van der Waals surface area contributed by atoms with Gasteiger partial charge in [0.2, 0.25) is 5.91 Å². The lowest BCUT2D eigenvalue weighted by molar-refractivity contribution is -0.126. The Morgan fingerprint density at radius 1 is 1.20 bits per heavy atom. The van der Waals surface area contributed by atoms with E-state index in [9.17, 15) is 9.59 Å². The number of carbonyl (C=O) groups is 2. The Balaban J connectivity index is 1.79. The highest BCUT2D eigenvalue weighted by Gasteiger charge is 2.30. The Hall–Kier alpha value is -3.00. The molecule has 1 aromatic heterocycles. The van der Waals surface area contributed by atoms with Crippen LogP contribution in [0, 0.1) is 0 Å². The van der Waals surface area contributed by atoms with Gasteiger partial charge in [-0.25, -0.2) is 9.97 Å². The van der Waals surface area contributed by atoms with Crippen LogP contribution >= 0.6 is 0 Å². The molecule has 1 saturated heterocycles. The zero-order valence-corrected chi connectivity index (χ0v) is 18.3. The van der Waals surface area contributed by atoms with Crippen LogP contribution in [0.2, 0.25) is 0 Å². The lowest BCUT2D eigenvalue weighted by atomic mass is 10.0. The van der Waals surface area contributed by atoms with Crippen LogP contribution in [0.1, 0.15) is 39.8 Å². The van der Waals surface area contributed by atoms with E-state index in [-0.39, 0.29) is 24.3 Å². The molecule has 0 spiro atoms. The first-order chi connectivity index (χ1) is 14.3. The van der Waals surface area contributed by atoms with E-state index < -0.39 is 0 Å². The molecule has 0 N–H and O–H groups in total. The molecule has 0 radical (unpaired) electrons. The number of ether oxygens (including phenoxy) is 1. The molecular formula is C22H29N5O3. The van der Waals surface area contributed by atoms with Crippen molar-refractivity contribution in [2.45, 2.75) is 25.5 Å². The second kappa shape index (κ2) is 9.21. The van der Waals surface area contributed by atoms with Crippen LogP contribution in [-0.2, 0) is 22.7 Å². The first kappa shape index (κ1) is 21.7. The van der Waals surface area contributed by atoms with Gasteiger partial charge in [-0.3, -0.25) is 9.59 Å². The van der Waals surface area contributed by atoms with Crippen molar-refractivity contribution in [1.29, 1.82) is 0 Å². The summed E-state index contributed by atoms with van der Waals surface area (Å²) in [5.41, 5.74) is 2.45. The average Bonchev–Trinajstić information content (AvgIpc) is 3.06. The molecule has 160 valence electrons. The quantitative estimate of drug-likeness (QED) is 0.693. The summed E-state index contributed by atoms with van der Waals surface area (Å²) >= 11 is 0. The van der Waals surface area contributed by atoms with Crippen LogP contribution in [0.25, 0.3) is 0 Å². The molecule has 3 rings (SSSR count). The zero-order chi connectivity index (χ0) is 21.8. The van der Waals surface area contributed by atoms with E-state index in [1.54, 1.807) is 36.1 Å². The Morgan fingerprint density at radius 2 is 1.90 bits per heavy atom. The maximum Gasteiger partial charge on any atom is 0.254 e. The van der Waals surface area contributed by atoms with Crippen LogP contribution in [0.3, 0.4) is 0 Å². The SMILES string of the molecule is COCc1ccc(C(=O)N(C)Cc2nc([C@@H]3CC(=O)N(C)C3)cc(N(C)C)n2)cc1. The van der Waals surface area contributed by atoms with Gasteiger partial charge in [-0.1, -0.05) is 12.1 Å². The molecule has 2 heterocycles. The number of benzene rings is 1. The standard InChI is InChI=1S/C22H29N5O3/c1-25(2)20-11-18(17-10-21(28)26(3)12-17)23-19(24-20)13-27(4)22(29)16-8-6-15(7-9-16)14-30-5/h6-9,11,17H,10,12-14H2,1-5H3/t17-/m1/s1. The highest BCUT2D eigenvalue weighted by atomic mass is 16.5. The van der Waals surface area contributed by atoms with Crippen molar-refractivity contribution in [3.05, 3.63) is 53.0 Å². The molecule has 1 aliphatic rings. The number of aromatic nitrogens is 2. The van der Waals surface area contributed by atoms with Gasteiger partial charge in [-0.15, -0.1) is 0 Å². The van der Waals surface area contributed by atoms with Gasteiger partial charge in [0.25, 0.3) is 5.91 Å². The van der Waals surface area contributed by atoms with Crippen molar-refractivity contribution in [2.75, 3.05) is 46.7 Å². The fraction of sp³-hybridized carbons (Fsp3) is 0.455. The van der Waals surface area contributed by atoms with E-state index in [0.29, 0.717) is 31.0 Å². The van der Waals surface area contributed by atoms with Crippen LogP contribution in [0.15, 0.2) is 30.3 Å². The second-order valence-corrected chi connectivity index (χ2v) is 7.93. The summed E-state index contributed by atoms with van der Waals surface area (Å²) in [6.07, 6.45) is 0.447. The van der Waals surface area contributed by atoms with E-state index in [2.05, 4.69) is 4.98 Å². The number of likely N-dealkylation sites (N-methyl/N-ethyl adjacent to an activating group) is 1. The molecule has 0 saturated carbocycles. The van der Waals surface area contributed by atoms with E-state index in [4.69, 9.17) is 9.72 Å². The van der Waals surface area contributed by atoms with Crippen molar-refractivity contribution >= 4 is 17.6 Å². The minimum atomic E-state index is -0.102. The summed E-state index contributed by atoms with van der Waals surface area (Å²) in [5, 5.41) is 0. The molecule has 1 atom stereocenters. The van der Waals surface area contributed by atoms with Crippen molar-refractivity contribution < 1.29 is 14.3 Å². The van der Waals surface area contributed by atoms with E-state index in [0.717, 1.165) is 17.1 Å². The van der Waals surface area contributed by atoms with E-state index >= 15 is 0 Å². The normalized spacial score (nSPS) is 16.1. The van der Waals surface area contributed by atoms with Gasteiger partial charge >= 0.3 is 0 Å². The van der Waals surface area contributed by atoms with Gasteiger partial charge < -0.3 is 19.4 Å². The van der Waals surface area contributed by atoms with Gasteiger partial charge in [0.05, 0.1) is 18.8 Å². The van der Waals surface area contributed by atoms with Crippen LogP contribution < -0.4 is 4.90 Å². The zero-order valence-electron chi connectivity index (χ0n) is 18.3. The lowest BCUT2D eigenvalue weighted by Gasteiger charge is -2.20. The number of amides is 2. The number of rotatable bonds is 7. The van der Waals surface area contributed by atoms with Crippen molar-refractivity contribution in [1.82, 2.24) is 19.8 Å². The fourth-order valence-electron chi connectivity index (χ4n) is 3.49. The Bertz CT molecular complexity index is 913. The van der Waals surface area contributed by atoms with Crippen LogP contribution in [-0.4, -0.2) is 73.4 Å². The van der Waals surface area contributed by atoms with Gasteiger partial charge in [0.15, 0.2) is 0 Å². The Labute approximate surface area is 177 Å². The first-order valence-corrected chi connectivity index (χ1v) is 9.91. The number of carbonyl (C=O) groups excluding carboxylic acids is 2. The molecule has 8 nitrogen and oxygen atoms in total. The summed E-state index contributed by atoms with van der Waals surface area (Å²) < 4.78 is 5.11. The highest BCUT2D eigenvalue weighted by Crippen LogP contribution is 2.28. The molecule has 0 bridgehead atoms. The minimum Gasteiger partial charge on any atom is -0.380 e. The third-order valence-corrected chi connectivity index (χ3v) is 5.23. The maximum absolute atomic E-state index is 12.8.